The molecule has 0 heterocycles. The van der Waals surface area contributed by atoms with Crippen LogP contribution in [0.4, 0.5) is 0 Å². The molecule has 1 radical (unpaired) electrons. The van der Waals surface area contributed by atoms with Gasteiger partial charge < -0.3 is 9.47 Å². The second-order valence-electron chi connectivity index (χ2n) is 2.38. The lowest BCUT2D eigenvalue weighted by Gasteiger charge is -2.14. The first-order chi connectivity index (χ1) is 5.35. The van der Waals surface area contributed by atoms with Crippen LogP contribution in [-0.2, 0) is 9.47 Å². The van der Waals surface area contributed by atoms with Crippen molar-refractivity contribution in [3.8, 4) is 0 Å². The first-order valence-corrected chi connectivity index (χ1v) is 4.43. The van der Waals surface area contributed by atoms with Crippen LogP contribution in [0.15, 0.2) is 0 Å². The minimum Gasteiger partial charge on any atom is -0.353 e. The summed E-state index contributed by atoms with van der Waals surface area (Å²) in [6.07, 6.45) is 3.01. The van der Waals surface area contributed by atoms with Crippen molar-refractivity contribution in [1.82, 2.24) is 0 Å². The standard InChI is InChI=1S/C9H19O2/c1-4-7-8-11-9(5-2)10-6-3/h8-9H,4-7H2,1-3H3. The largest absolute Gasteiger partial charge is 0.353 e. The summed E-state index contributed by atoms with van der Waals surface area (Å²) in [5, 5.41) is 0. The van der Waals surface area contributed by atoms with Crippen molar-refractivity contribution < 1.29 is 9.47 Å². The molecule has 0 bridgehead atoms. The van der Waals surface area contributed by atoms with Crippen LogP contribution in [0, 0.1) is 6.61 Å². The summed E-state index contributed by atoms with van der Waals surface area (Å²) in [6, 6.07) is 0. The number of hydrogen-bond donors (Lipinski definition) is 0. The highest BCUT2D eigenvalue weighted by molar-refractivity contribution is 4.50. The predicted octanol–water partition coefficient (Wildman–Crippen LogP) is 2.74. The van der Waals surface area contributed by atoms with Gasteiger partial charge in [-0.25, -0.2) is 0 Å². The molecule has 0 amide bonds. The van der Waals surface area contributed by atoms with E-state index >= 15 is 0 Å². The van der Waals surface area contributed by atoms with Crippen molar-refractivity contribution in [2.24, 2.45) is 0 Å². The monoisotopic (exact) mass is 159 g/mol. The van der Waals surface area contributed by atoms with Crippen molar-refractivity contribution >= 4 is 0 Å². The molecule has 2 nitrogen and oxygen atoms in total. The molecule has 0 saturated carbocycles. The lowest BCUT2D eigenvalue weighted by Crippen LogP contribution is -2.14. The molecule has 0 aliphatic carbocycles. The fourth-order valence-corrected chi connectivity index (χ4v) is 0.732. The van der Waals surface area contributed by atoms with E-state index in [1.165, 1.54) is 0 Å². The molecule has 0 aromatic heterocycles. The molecule has 0 aromatic rings. The van der Waals surface area contributed by atoms with E-state index in [9.17, 15) is 0 Å². The second-order valence-corrected chi connectivity index (χ2v) is 2.38. The first-order valence-electron chi connectivity index (χ1n) is 4.43. The summed E-state index contributed by atoms with van der Waals surface area (Å²) >= 11 is 0. The van der Waals surface area contributed by atoms with E-state index in [0.717, 1.165) is 25.9 Å². The Morgan fingerprint density at radius 3 is 2.45 bits per heavy atom. The van der Waals surface area contributed by atoms with Crippen LogP contribution in [0.3, 0.4) is 0 Å². The highest BCUT2D eigenvalue weighted by Gasteiger charge is 2.03. The average Bonchev–Trinajstić information content (AvgIpc) is 2.03. The zero-order valence-electron chi connectivity index (χ0n) is 7.80. The Hall–Kier alpha value is -0.0800. The van der Waals surface area contributed by atoms with Crippen molar-refractivity contribution in [3.05, 3.63) is 6.61 Å². The van der Waals surface area contributed by atoms with Gasteiger partial charge in [-0.05, 0) is 19.8 Å². The third kappa shape index (κ3) is 6.32. The van der Waals surface area contributed by atoms with Crippen LogP contribution >= 0.6 is 0 Å². The van der Waals surface area contributed by atoms with Crippen LogP contribution in [0.25, 0.3) is 0 Å². The lowest BCUT2D eigenvalue weighted by molar-refractivity contribution is -0.119. The van der Waals surface area contributed by atoms with E-state index in [2.05, 4.69) is 13.8 Å². The molecule has 1 unspecified atom stereocenters. The highest BCUT2D eigenvalue weighted by atomic mass is 16.7. The van der Waals surface area contributed by atoms with Gasteiger partial charge in [0.15, 0.2) is 6.29 Å². The Kier molecular flexibility index (Phi) is 7.96. The summed E-state index contributed by atoms with van der Waals surface area (Å²) in [5.74, 6) is 0. The molecule has 1 atom stereocenters. The van der Waals surface area contributed by atoms with E-state index in [1.807, 2.05) is 13.5 Å². The second kappa shape index (κ2) is 8.02. The summed E-state index contributed by atoms with van der Waals surface area (Å²) in [5.41, 5.74) is 0. The molecular weight excluding hydrogens is 140 g/mol. The Morgan fingerprint density at radius 2 is 2.00 bits per heavy atom. The SMILES string of the molecule is CCC[CH]OC(CC)OCC. The third-order valence-electron chi connectivity index (χ3n) is 1.34. The fourth-order valence-electron chi connectivity index (χ4n) is 0.732. The minimum absolute atomic E-state index is 0.0356. The molecule has 0 N–H and O–H groups in total. The molecule has 0 aliphatic heterocycles. The Labute approximate surface area is 69.9 Å². The van der Waals surface area contributed by atoms with Gasteiger partial charge in [-0.3, -0.25) is 0 Å². The Balaban J connectivity index is 3.20. The topological polar surface area (TPSA) is 18.5 Å². The highest BCUT2D eigenvalue weighted by Crippen LogP contribution is 2.04. The van der Waals surface area contributed by atoms with Gasteiger partial charge in [-0.2, -0.15) is 0 Å². The van der Waals surface area contributed by atoms with E-state index in [4.69, 9.17) is 9.47 Å². The smallest absolute Gasteiger partial charge is 0.157 e. The molecule has 0 spiro atoms. The van der Waals surface area contributed by atoms with Gasteiger partial charge in [0.25, 0.3) is 0 Å². The molecule has 0 aromatic carbocycles. The molecule has 67 valence electrons. The van der Waals surface area contributed by atoms with E-state index in [1.54, 1.807) is 0 Å². The zero-order chi connectivity index (χ0) is 8.53. The summed E-state index contributed by atoms with van der Waals surface area (Å²) in [4.78, 5) is 0. The maximum absolute atomic E-state index is 5.32. The van der Waals surface area contributed by atoms with E-state index in [-0.39, 0.29) is 6.29 Å². The number of hydrogen-bond acceptors (Lipinski definition) is 2. The van der Waals surface area contributed by atoms with Crippen molar-refractivity contribution in [1.29, 1.82) is 0 Å². The van der Waals surface area contributed by atoms with Gasteiger partial charge in [0.1, 0.15) is 0 Å². The molecular formula is C9H19O2. The molecule has 0 fully saturated rings. The van der Waals surface area contributed by atoms with Crippen LogP contribution < -0.4 is 0 Å². The van der Waals surface area contributed by atoms with Crippen molar-refractivity contribution in [2.75, 3.05) is 6.61 Å². The lowest BCUT2D eigenvalue weighted by atomic mass is 10.3. The molecule has 0 aliphatic rings. The predicted molar refractivity (Wildman–Crippen MR) is 46.0 cm³/mol. The summed E-state index contributed by atoms with van der Waals surface area (Å²) in [6.45, 7) is 8.72. The maximum atomic E-state index is 5.32. The summed E-state index contributed by atoms with van der Waals surface area (Å²) in [7, 11) is 0. The van der Waals surface area contributed by atoms with Gasteiger partial charge in [-0.15, -0.1) is 0 Å². The van der Waals surface area contributed by atoms with Crippen LogP contribution in [0.2, 0.25) is 0 Å². The van der Waals surface area contributed by atoms with Gasteiger partial charge >= 0.3 is 0 Å². The Bertz CT molecular complexity index is 74.0. The van der Waals surface area contributed by atoms with Crippen molar-refractivity contribution in [2.45, 2.75) is 46.3 Å². The van der Waals surface area contributed by atoms with Gasteiger partial charge in [0, 0.05) is 6.61 Å². The van der Waals surface area contributed by atoms with Gasteiger partial charge in [0.2, 0.25) is 0 Å². The fraction of sp³-hybridized carbons (Fsp3) is 0.889. The van der Waals surface area contributed by atoms with Gasteiger partial charge in [-0.1, -0.05) is 20.3 Å². The normalized spacial score (nSPS) is 13.4. The van der Waals surface area contributed by atoms with Crippen LogP contribution in [0.1, 0.15) is 40.0 Å². The first kappa shape index (κ1) is 10.9. The maximum Gasteiger partial charge on any atom is 0.157 e. The molecule has 0 saturated heterocycles. The van der Waals surface area contributed by atoms with Crippen LogP contribution in [0.5, 0.6) is 0 Å². The molecule has 11 heavy (non-hydrogen) atoms. The average molecular weight is 159 g/mol. The van der Waals surface area contributed by atoms with Crippen LogP contribution in [-0.4, -0.2) is 12.9 Å². The number of unbranched alkanes of at least 4 members (excludes halogenated alkanes) is 1. The quantitative estimate of drug-likeness (QED) is 0.420. The Morgan fingerprint density at radius 1 is 1.27 bits per heavy atom. The van der Waals surface area contributed by atoms with Gasteiger partial charge in [0.05, 0.1) is 6.61 Å². The summed E-state index contributed by atoms with van der Waals surface area (Å²) < 4.78 is 10.6. The zero-order valence-corrected chi connectivity index (χ0v) is 7.80. The van der Waals surface area contributed by atoms with E-state index in [0.29, 0.717) is 0 Å². The molecule has 0 rings (SSSR count). The minimum atomic E-state index is -0.0356. The number of ether oxygens (including phenoxy) is 2. The number of rotatable bonds is 7. The molecule has 2 heteroatoms. The van der Waals surface area contributed by atoms with Crippen molar-refractivity contribution in [3.63, 3.8) is 0 Å². The third-order valence-corrected chi connectivity index (χ3v) is 1.34. The van der Waals surface area contributed by atoms with E-state index < -0.39 is 0 Å².